The van der Waals surface area contributed by atoms with E-state index in [1.807, 2.05) is 0 Å². The Bertz CT molecular complexity index is 223. The van der Waals surface area contributed by atoms with E-state index < -0.39 is 0 Å². The average Bonchev–Trinajstić information content (AvgIpc) is 2.15. The predicted molar refractivity (Wildman–Crippen MR) is 78.1 cm³/mol. The van der Waals surface area contributed by atoms with Crippen LogP contribution in [0, 0.1) is 28.6 Å². The van der Waals surface area contributed by atoms with Gasteiger partial charge in [-0.25, -0.2) is 0 Å². The number of rotatable bonds is 3. The lowest BCUT2D eigenvalue weighted by molar-refractivity contribution is -0.0149. The van der Waals surface area contributed by atoms with E-state index in [4.69, 9.17) is 0 Å². The molecule has 0 amide bonds. The molecule has 1 unspecified atom stereocenters. The molecule has 0 saturated heterocycles. The third-order valence-corrected chi connectivity index (χ3v) is 5.06. The first kappa shape index (κ1) is 15.1. The normalized spacial score (nSPS) is 21.9. The molecule has 0 nitrogen and oxygen atoms in total. The van der Waals surface area contributed by atoms with E-state index in [-0.39, 0.29) is 0 Å². The molecular formula is C17H34. The van der Waals surface area contributed by atoms with Gasteiger partial charge in [0, 0.05) is 0 Å². The maximum atomic E-state index is 2.54. The number of hydrogen-bond donors (Lipinski definition) is 0. The van der Waals surface area contributed by atoms with Gasteiger partial charge in [-0.05, 0) is 41.4 Å². The van der Waals surface area contributed by atoms with E-state index in [0.717, 1.165) is 17.8 Å². The van der Waals surface area contributed by atoms with E-state index in [2.05, 4.69) is 48.5 Å². The van der Waals surface area contributed by atoms with Crippen LogP contribution in [0.2, 0.25) is 0 Å². The Labute approximate surface area is 110 Å². The molecule has 1 saturated carbocycles. The van der Waals surface area contributed by atoms with Gasteiger partial charge >= 0.3 is 0 Å². The molecule has 0 aromatic heterocycles. The molecule has 1 aliphatic carbocycles. The largest absolute Gasteiger partial charge is 0.0625 e. The minimum atomic E-state index is 0.426. The summed E-state index contributed by atoms with van der Waals surface area (Å²) in [6.07, 6.45) is 7.32. The van der Waals surface area contributed by atoms with Crippen LogP contribution in [-0.2, 0) is 0 Å². The highest BCUT2D eigenvalue weighted by atomic mass is 14.5. The van der Waals surface area contributed by atoms with Gasteiger partial charge in [-0.1, -0.05) is 67.7 Å². The second kappa shape index (κ2) is 5.33. The molecule has 1 aliphatic rings. The summed E-state index contributed by atoms with van der Waals surface area (Å²) in [6, 6.07) is 0. The van der Waals surface area contributed by atoms with Crippen molar-refractivity contribution in [2.75, 3.05) is 0 Å². The van der Waals surface area contributed by atoms with Crippen molar-refractivity contribution in [3.8, 4) is 0 Å². The van der Waals surface area contributed by atoms with Gasteiger partial charge in [0.15, 0.2) is 0 Å². The molecule has 1 fully saturated rings. The zero-order valence-electron chi connectivity index (χ0n) is 13.3. The Kier molecular flexibility index (Phi) is 4.72. The van der Waals surface area contributed by atoms with Crippen LogP contribution in [0.15, 0.2) is 0 Å². The molecule has 0 heteroatoms. The van der Waals surface area contributed by atoms with Gasteiger partial charge in [0.2, 0.25) is 0 Å². The highest BCUT2D eigenvalue weighted by Gasteiger charge is 2.44. The summed E-state index contributed by atoms with van der Waals surface area (Å²) in [5.41, 5.74) is 0.919. The summed E-state index contributed by atoms with van der Waals surface area (Å²) in [6.45, 7) is 17.2. The lowest BCUT2D eigenvalue weighted by Gasteiger charge is -2.50. The second-order valence-corrected chi connectivity index (χ2v) is 8.24. The average molecular weight is 238 g/mol. The van der Waals surface area contributed by atoms with Gasteiger partial charge in [0.25, 0.3) is 0 Å². The molecule has 0 bridgehead atoms. The van der Waals surface area contributed by atoms with Gasteiger partial charge in [-0.15, -0.1) is 0 Å². The van der Waals surface area contributed by atoms with Gasteiger partial charge in [-0.3, -0.25) is 0 Å². The van der Waals surface area contributed by atoms with E-state index in [1.54, 1.807) is 0 Å². The lowest BCUT2D eigenvalue weighted by Crippen LogP contribution is -2.43. The van der Waals surface area contributed by atoms with E-state index in [9.17, 15) is 0 Å². The minimum absolute atomic E-state index is 0.426. The topological polar surface area (TPSA) is 0 Å². The molecule has 0 aromatic carbocycles. The van der Waals surface area contributed by atoms with Crippen molar-refractivity contribution in [2.24, 2.45) is 28.6 Å². The summed E-state index contributed by atoms with van der Waals surface area (Å²) in [4.78, 5) is 0. The van der Waals surface area contributed by atoms with Crippen molar-refractivity contribution >= 4 is 0 Å². The van der Waals surface area contributed by atoms with E-state index in [0.29, 0.717) is 10.8 Å². The highest BCUT2D eigenvalue weighted by molar-refractivity contribution is 4.93. The SMILES string of the molecule is CC(C)C(C(C)(C)C)C(C)(C)C1CCCCC1. The first-order valence-electron chi connectivity index (χ1n) is 7.67. The van der Waals surface area contributed by atoms with Crippen molar-refractivity contribution in [3.05, 3.63) is 0 Å². The molecule has 0 heterocycles. The van der Waals surface area contributed by atoms with Crippen LogP contribution in [0.3, 0.4) is 0 Å². The Hall–Kier alpha value is 0. The molecule has 0 spiro atoms. The van der Waals surface area contributed by atoms with Crippen molar-refractivity contribution in [1.82, 2.24) is 0 Å². The number of hydrogen-bond acceptors (Lipinski definition) is 0. The predicted octanol–water partition coefficient (Wildman–Crippen LogP) is 5.91. The van der Waals surface area contributed by atoms with Gasteiger partial charge in [0.05, 0.1) is 0 Å². The van der Waals surface area contributed by atoms with Crippen molar-refractivity contribution in [3.63, 3.8) is 0 Å². The first-order chi connectivity index (χ1) is 7.67. The monoisotopic (exact) mass is 238 g/mol. The van der Waals surface area contributed by atoms with Crippen molar-refractivity contribution in [2.45, 2.75) is 80.6 Å². The summed E-state index contributed by atoms with van der Waals surface area (Å²) < 4.78 is 0. The Morgan fingerprint density at radius 2 is 1.29 bits per heavy atom. The fraction of sp³-hybridized carbons (Fsp3) is 1.00. The van der Waals surface area contributed by atoms with E-state index >= 15 is 0 Å². The molecule has 0 radical (unpaired) electrons. The molecule has 0 aliphatic heterocycles. The fourth-order valence-corrected chi connectivity index (χ4v) is 5.08. The Morgan fingerprint density at radius 3 is 1.65 bits per heavy atom. The summed E-state index contributed by atoms with van der Waals surface area (Å²) >= 11 is 0. The third kappa shape index (κ3) is 3.48. The zero-order chi connectivity index (χ0) is 13.3. The van der Waals surface area contributed by atoms with Gasteiger partial charge in [-0.2, -0.15) is 0 Å². The summed E-state index contributed by atoms with van der Waals surface area (Å²) in [5.74, 6) is 2.55. The molecule has 17 heavy (non-hydrogen) atoms. The molecule has 1 rings (SSSR count). The van der Waals surface area contributed by atoms with Gasteiger partial charge < -0.3 is 0 Å². The maximum Gasteiger partial charge on any atom is -0.0288 e. The van der Waals surface area contributed by atoms with Crippen molar-refractivity contribution < 1.29 is 0 Å². The second-order valence-electron chi connectivity index (χ2n) is 8.24. The first-order valence-corrected chi connectivity index (χ1v) is 7.67. The minimum Gasteiger partial charge on any atom is -0.0625 e. The zero-order valence-corrected chi connectivity index (χ0v) is 13.3. The summed E-state index contributed by atoms with van der Waals surface area (Å²) in [5, 5.41) is 0. The molecule has 102 valence electrons. The maximum absolute atomic E-state index is 2.54. The Morgan fingerprint density at radius 1 is 0.824 bits per heavy atom. The molecular weight excluding hydrogens is 204 g/mol. The van der Waals surface area contributed by atoms with Crippen LogP contribution in [0.5, 0.6) is 0 Å². The van der Waals surface area contributed by atoms with Crippen molar-refractivity contribution in [1.29, 1.82) is 0 Å². The van der Waals surface area contributed by atoms with Crippen LogP contribution < -0.4 is 0 Å². The van der Waals surface area contributed by atoms with Gasteiger partial charge in [0.1, 0.15) is 0 Å². The van der Waals surface area contributed by atoms with Crippen LogP contribution >= 0.6 is 0 Å². The van der Waals surface area contributed by atoms with Crippen LogP contribution in [0.4, 0.5) is 0 Å². The lowest BCUT2D eigenvalue weighted by atomic mass is 9.55. The van der Waals surface area contributed by atoms with Crippen LogP contribution in [0.25, 0.3) is 0 Å². The molecule has 0 aromatic rings. The standard InChI is InChI=1S/C17H34/c1-13(2)15(16(3,4)5)17(6,7)14-11-9-8-10-12-14/h13-15H,8-12H2,1-7H3. The third-order valence-electron chi connectivity index (χ3n) is 5.06. The molecule has 1 atom stereocenters. The van der Waals surface area contributed by atoms with E-state index in [1.165, 1.54) is 32.1 Å². The Balaban J connectivity index is 2.90. The quantitative estimate of drug-likeness (QED) is 0.573. The van der Waals surface area contributed by atoms with Crippen LogP contribution in [0.1, 0.15) is 80.6 Å². The van der Waals surface area contributed by atoms with Crippen LogP contribution in [-0.4, -0.2) is 0 Å². The highest BCUT2D eigenvalue weighted by Crippen LogP contribution is 2.52. The fourth-order valence-electron chi connectivity index (χ4n) is 5.08. The summed E-state index contributed by atoms with van der Waals surface area (Å²) in [7, 11) is 0. The smallest absolute Gasteiger partial charge is 0.0288 e. The molecule has 0 N–H and O–H groups in total.